The van der Waals surface area contributed by atoms with Gasteiger partial charge in [0.05, 0.1) is 0 Å². The van der Waals surface area contributed by atoms with Crippen LogP contribution in [-0.4, -0.2) is 6.88 Å². The summed E-state index contributed by atoms with van der Waals surface area (Å²) in [7, 11) is 0. The predicted molar refractivity (Wildman–Crippen MR) is 82.4 cm³/mol. The van der Waals surface area contributed by atoms with Crippen molar-refractivity contribution in [2.75, 3.05) is 0 Å². The molecule has 0 saturated heterocycles. The van der Waals surface area contributed by atoms with E-state index in [-0.39, 0.29) is 0 Å². The van der Waals surface area contributed by atoms with E-state index >= 15 is 0 Å². The van der Waals surface area contributed by atoms with Gasteiger partial charge in [0.1, 0.15) is 0 Å². The zero-order valence-corrected chi connectivity index (χ0v) is 16.0. The van der Waals surface area contributed by atoms with E-state index in [0.717, 1.165) is 0 Å². The van der Waals surface area contributed by atoms with Crippen molar-refractivity contribution < 1.29 is 17.4 Å². The summed E-state index contributed by atoms with van der Waals surface area (Å²) in [5.41, 5.74) is 1.61. The predicted octanol–water partition coefficient (Wildman–Crippen LogP) is 4.57. The van der Waals surface area contributed by atoms with E-state index in [0.29, 0.717) is 0 Å². The molecular formula is C16H26SiZr. The van der Waals surface area contributed by atoms with Gasteiger partial charge in [-0.1, -0.05) is 0 Å². The minimum absolute atomic E-state index is 1.21. The van der Waals surface area contributed by atoms with Crippen LogP contribution < -0.4 is 0 Å². The summed E-state index contributed by atoms with van der Waals surface area (Å²) < 4.78 is 8.80. The minimum atomic E-state index is -2.73. The summed E-state index contributed by atoms with van der Waals surface area (Å²) >= 11 is -2.73. The van der Waals surface area contributed by atoms with Gasteiger partial charge in [-0.3, -0.25) is 0 Å². The van der Waals surface area contributed by atoms with Crippen molar-refractivity contribution in [1.29, 1.82) is 0 Å². The van der Waals surface area contributed by atoms with E-state index in [4.69, 9.17) is 0 Å². The van der Waals surface area contributed by atoms with Gasteiger partial charge < -0.3 is 0 Å². The summed E-state index contributed by atoms with van der Waals surface area (Å²) in [5, 5.41) is 0. The Morgan fingerprint density at radius 2 is 2.00 bits per heavy atom. The van der Waals surface area contributed by atoms with E-state index in [1.54, 1.807) is 12.1 Å². The molecule has 0 unspecified atom stereocenters. The molecule has 2 aliphatic rings. The van der Waals surface area contributed by atoms with Crippen LogP contribution in [0.25, 0.3) is 0 Å². The average Bonchev–Trinajstić information content (AvgIpc) is 2.97. The number of allylic oxidation sites excluding steroid dienone is 8. The van der Waals surface area contributed by atoms with Gasteiger partial charge in [0.2, 0.25) is 0 Å². The van der Waals surface area contributed by atoms with Crippen molar-refractivity contribution in [2.45, 2.75) is 48.3 Å². The first kappa shape index (κ1) is 14.5. The fourth-order valence-corrected chi connectivity index (χ4v) is 13.9. The molecule has 2 aliphatic carbocycles. The van der Waals surface area contributed by atoms with E-state index in [1.807, 2.05) is 0 Å². The molecule has 0 N–H and O–H groups in total. The molecule has 0 amide bonds. The van der Waals surface area contributed by atoms with Crippen LogP contribution in [0.15, 0.2) is 42.5 Å². The van der Waals surface area contributed by atoms with Crippen LogP contribution in [0, 0.1) is 0 Å². The van der Waals surface area contributed by atoms with Crippen molar-refractivity contribution >= 4 is 6.88 Å². The van der Waals surface area contributed by atoms with Gasteiger partial charge in [0.15, 0.2) is 0 Å². The molecule has 98 valence electrons. The molecule has 0 heterocycles. The number of hydrogen-bond donors (Lipinski definition) is 0. The maximum absolute atomic E-state index is 2.73. The second-order valence-corrected chi connectivity index (χ2v) is 35.7. The fourth-order valence-electron chi connectivity index (χ4n) is 2.94. The molecule has 0 radical (unpaired) electrons. The molecule has 0 aromatic rings. The van der Waals surface area contributed by atoms with Crippen LogP contribution in [-0.2, 0) is 17.4 Å². The molecule has 0 atom stereocenters. The monoisotopic (exact) mass is 336 g/mol. The summed E-state index contributed by atoms with van der Waals surface area (Å²) in [6.07, 6.45) is 18.4. The second-order valence-electron chi connectivity index (χ2n) is 6.77. The molecule has 0 aliphatic heterocycles. The third-order valence-electron chi connectivity index (χ3n) is 4.59. The van der Waals surface area contributed by atoms with Gasteiger partial charge in [-0.25, -0.2) is 0 Å². The van der Waals surface area contributed by atoms with Crippen LogP contribution in [0.5, 0.6) is 0 Å². The Morgan fingerprint density at radius 3 is 2.61 bits per heavy atom. The standard InChI is InChI=1S/C9H13.C5H5.2CH3.H2Si.Zr/c1-2-3-6-9-7-4-5-8-9;1-2-4-5-3-1;;;;/h7-8H,2-4,6H2,1H3;1-3H,4H2;2*1H3;1H2;. The Hall–Kier alpha value is 0.0600. The molecule has 2 heteroatoms. The summed E-state index contributed by atoms with van der Waals surface area (Å²) in [4.78, 5) is 0. The van der Waals surface area contributed by atoms with Crippen LogP contribution >= 0.6 is 0 Å². The van der Waals surface area contributed by atoms with Crippen LogP contribution in [0.2, 0.25) is 9.26 Å². The van der Waals surface area contributed by atoms with Crippen molar-refractivity contribution in [2.24, 2.45) is 0 Å². The Bertz CT molecular complexity index is 523. The Morgan fingerprint density at radius 1 is 1.22 bits per heavy atom. The van der Waals surface area contributed by atoms with Crippen molar-refractivity contribution in [1.82, 2.24) is 0 Å². The number of unbranched alkanes of at least 4 members (excludes halogenated alkanes) is 1. The van der Waals surface area contributed by atoms with Crippen LogP contribution in [0.3, 0.4) is 0 Å². The first-order chi connectivity index (χ1) is 8.42. The molecule has 2 rings (SSSR count). The van der Waals surface area contributed by atoms with Gasteiger partial charge >= 0.3 is 115 Å². The van der Waals surface area contributed by atoms with Gasteiger partial charge in [-0.2, -0.15) is 0 Å². The van der Waals surface area contributed by atoms with Crippen molar-refractivity contribution in [3.63, 3.8) is 0 Å². The molecule has 0 saturated carbocycles. The third-order valence-corrected chi connectivity index (χ3v) is 21.9. The Balaban J connectivity index is 2.20. The zero-order valence-electron chi connectivity index (χ0n) is 12.1. The van der Waals surface area contributed by atoms with Crippen molar-refractivity contribution in [3.05, 3.63) is 42.5 Å². The molecule has 0 spiro atoms. The van der Waals surface area contributed by atoms with E-state index in [1.165, 1.54) is 32.1 Å². The van der Waals surface area contributed by atoms with Crippen LogP contribution in [0.1, 0.15) is 39.0 Å². The fraction of sp³-hybridized carbons (Fsp3) is 0.500. The third kappa shape index (κ3) is 2.80. The number of rotatable bonds is 5. The normalized spacial score (nSPS) is 19.9. The van der Waals surface area contributed by atoms with E-state index in [9.17, 15) is 0 Å². The average molecular weight is 338 g/mol. The Labute approximate surface area is 114 Å². The molecule has 0 aromatic carbocycles. The zero-order chi connectivity index (χ0) is 13.3. The summed E-state index contributed by atoms with van der Waals surface area (Å²) in [6, 6.07) is 0. The van der Waals surface area contributed by atoms with Gasteiger partial charge in [-0.05, 0) is 0 Å². The molecular weight excluding hydrogens is 311 g/mol. The first-order valence-electron chi connectivity index (χ1n) is 7.26. The summed E-state index contributed by atoms with van der Waals surface area (Å²) in [6.45, 7) is 4.64. The van der Waals surface area contributed by atoms with Gasteiger partial charge in [0, 0.05) is 0 Å². The maximum atomic E-state index is 2.61. The molecule has 18 heavy (non-hydrogen) atoms. The second kappa shape index (κ2) is 5.21. The van der Waals surface area contributed by atoms with E-state index in [2.05, 4.69) is 53.4 Å². The molecule has 0 aromatic heterocycles. The molecule has 0 fully saturated rings. The molecule has 0 nitrogen and oxygen atoms in total. The SMILES string of the molecule is CCCCC1=CC[C]([Zr]([CH3])([CH3])(=[SiH2])[C]2=CC=CC2)=C1. The molecule has 0 bridgehead atoms. The van der Waals surface area contributed by atoms with Gasteiger partial charge in [0.25, 0.3) is 0 Å². The summed E-state index contributed by atoms with van der Waals surface area (Å²) in [5.74, 6) is 0. The topological polar surface area (TPSA) is 0 Å². The first-order valence-corrected chi connectivity index (χ1v) is 20.6. The van der Waals surface area contributed by atoms with Gasteiger partial charge in [-0.15, -0.1) is 0 Å². The quantitative estimate of drug-likeness (QED) is 0.645. The van der Waals surface area contributed by atoms with Crippen LogP contribution in [0.4, 0.5) is 0 Å². The Kier molecular flexibility index (Phi) is 4.19. The number of hydrogen-bond acceptors (Lipinski definition) is 0. The van der Waals surface area contributed by atoms with E-state index < -0.39 is 17.4 Å². The van der Waals surface area contributed by atoms with Crippen molar-refractivity contribution in [3.8, 4) is 0 Å².